The van der Waals surface area contributed by atoms with Gasteiger partial charge in [0, 0.05) is 20.3 Å². The Kier molecular flexibility index (Phi) is 7.36. The van der Waals surface area contributed by atoms with Crippen molar-refractivity contribution in [2.45, 2.75) is 19.4 Å². The van der Waals surface area contributed by atoms with Crippen molar-refractivity contribution in [3.05, 3.63) is 30.3 Å². The van der Waals surface area contributed by atoms with Gasteiger partial charge in [0.25, 0.3) is 11.8 Å². The lowest BCUT2D eigenvalue weighted by atomic mass is 10.2. The van der Waals surface area contributed by atoms with Crippen LogP contribution < -0.4 is 15.8 Å². The zero-order valence-electron chi connectivity index (χ0n) is 14.5. The predicted octanol–water partition coefficient (Wildman–Crippen LogP) is 0.494. The van der Waals surface area contributed by atoms with Gasteiger partial charge in [-0.05, 0) is 25.5 Å². The van der Waals surface area contributed by atoms with Gasteiger partial charge in [0.05, 0.1) is 18.9 Å². The summed E-state index contributed by atoms with van der Waals surface area (Å²) in [6.45, 7) is 3.74. The SMILES string of the molecule is COCCOCCCNC(=O)C1=N[C@H](C)C(=O)N(c2ccccc2)N1. The third-order valence-corrected chi connectivity index (χ3v) is 3.53. The minimum absolute atomic E-state index is 0.122. The van der Waals surface area contributed by atoms with E-state index in [0.29, 0.717) is 38.5 Å². The van der Waals surface area contributed by atoms with Crippen LogP contribution in [0.5, 0.6) is 0 Å². The third kappa shape index (κ3) is 5.54. The van der Waals surface area contributed by atoms with Crippen LogP contribution in [-0.4, -0.2) is 57.2 Å². The average molecular weight is 348 g/mol. The number of anilines is 1. The van der Waals surface area contributed by atoms with Crippen LogP contribution in [0.2, 0.25) is 0 Å². The molecule has 8 nitrogen and oxygen atoms in total. The molecule has 1 atom stereocenters. The van der Waals surface area contributed by atoms with Gasteiger partial charge in [0.1, 0.15) is 6.04 Å². The predicted molar refractivity (Wildman–Crippen MR) is 94.3 cm³/mol. The molecule has 2 rings (SSSR count). The number of nitrogens with one attached hydrogen (secondary N) is 2. The Morgan fingerprint density at radius 1 is 1.28 bits per heavy atom. The van der Waals surface area contributed by atoms with Crippen LogP contribution >= 0.6 is 0 Å². The van der Waals surface area contributed by atoms with Crippen LogP contribution in [0.1, 0.15) is 13.3 Å². The van der Waals surface area contributed by atoms with Crippen molar-refractivity contribution in [2.75, 3.05) is 38.5 Å². The number of carbonyl (C=O) groups excluding carboxylic acids is 2. The standard InChI is InChI=1S/C17H24N4O4/c1-13-17(23)21(14-7-4-3-5-8-14)20-15(19-13)16(22)18-9-6-10-25-12-11-24-2/h3-5,7-8,13H,6,9-12H2,1-2H3,(H,18,22)(H,19,20)/t13-/m1/s1. The lowest BCUT2D eigenvalue weighted by molar-refractivity contribution is -0.120. The molecule has 1 aliphatic rings. The number of hydrazine groups is 1. The molecule has 0 saturated carbocycles. The van der Waals surface area contributed by atoms with Crippen molar-refractivity contribution in [3.8, 4) is 0 Å². The van der Waals surface area contributed by atoms with E-state index in [1.807, 2.05) is 18.2 Å². The first-order valence-electron chi connectivity index (χ1n) is 8.22. The first-order valence-corrected chi connectivity index (χ1v) is 8.22. The number of ether oxygens (including phenoxy) is 2. The second-order valence-corrected chi connectivity index (χ2v) is 5.49. The molecule has 1 aromatic carbocycles. The van der Waals surface area contributed by atoms with Gasteiger partial charge in [0.2, 0.25) is 5.84 Å². The zero-order chi connectivity index (χ0) is 18.1. The fourth-order valence-corrected chi connectivity index (χ4v) is 2.21. The van der Waals surface area contributed by atoms with E-state index in [0.717, 1.165) is 0 Å². The molecule has 25 heavy (non-hydrogen) atoms. The van der Waals surface area contributed by atoms with E-state index in [4.69, 9.17) is 9.47 Å². The Labute approximate surface area is 147 Å². The molecule has 1 aromatic rings. The van der Waals surface area contributed by atoms with E-state index in [1.54, 1.807) is 26.2 Å². The number of benzene rings is 1. The number of nitrogens with zero attached hydrogens (tertiary/aromatic N) is 2. The number of carbonyl (C=O) groups is 2. The molecule has 0 unspecified atom stereocenters. The highest BCUT2D eigenvalue weighted by atomic mass is 16.5. The van der Waals surface area contributed by atoms with Gasteiger partial charge in [-0.3, -0.25) is 15.0 Å². The maximum Gasteiger partial charge on any atom is 0.288 e. The van der Waals surface area contributed by atoms with Gasteiger partial charge in [-0.15, -0.1) is 0 Å². The summed E-state index contributed by atoms with van der Waals surface area (Å²) in [5, 5.41) is 4.12. The normalized spacial score (nSPS) is 17.0. The van der Waals surface area contributed by atoms with E-state index in [2.05, 4.69) is 15.7 Å². The highest BCUT2D eigenvalue weighted by Gasteiger charge is 2.30. The average Bonchev–Trinajstić information content (AvgIpc) is 2.63. The molecule has 0 aromatic heterocycles. The quantitative estimate of drug-likeness (QED) is 0.634. The number of amidine groups is 1. The van der Waals surface area contributed by atoms with Gasteiger partial charge >= 0.3 is 0 Å². The molecule has 136 valence electrons. The number of aliphatic imine (C=N–C) groups is 1. The van der Waals surface area contributed by atoms with Gasteiger partial charge in [0.15, 0.2) is 0 Å². The topological polar surface area (TPSA) is 92.3 Å². The largest absolute Gasteiger partial charge is 0.382 e. The Balaban J connectivity index is 1.85. The van der Waals surface area contributed by atoms with Crippen LogP contribution in [0, 0.1) is 0 Å². The summed E-state index contributed by atoms with van der Waals surface area (Å²) in [5.74, 6) is -0.442. The van der Waals surface area contributed by atoms with Crippen molar-refractivity contribution in [2.24, 2.45) is 4.99 Å². The van der Waals surface area contributed by atoms with E-state index >= 15 is 0 Å². The highest BCUT2D eigenvalue weighted by Crippen LogP contribution is 2.15. The van der Waals surface area contributed by atoms with Gasteiger partial charge in [-0.25, -0.2) is 10.0 Å². The van der Waals surface area contributed by atoms with Crippen molar-refractivity contribution < 1.29 is 19.1 Å². The van der Waals surface area contributed by atoms with Crippen LogP contribution in [0.4, 0.5) is 5.69 Å². The highest BCUT2D eigenvalue weighted by molar-refractivity contribution is 6.39. The molecular formula is C17H24N4O4. The number of hydrogen-bond acceptors (Lipinski definition) is 6. The lowest BCUT2D eigenvalue weighted by Gasteiger charge is -2.30. The Hall–Kier alpha value is -2.45. The Bertz CT molecular complexity index is 606. The minimum atomic E-state index is -0.625. The summed E-state index contributed by atoms with van der Waals surface area (Å²) in [7, 11) is 1.62. The third-order valence-electron chi connectivity index (χ3n) is 3.53. The number of para-hydroxylation sites is 1. The number of rotatable bonds is 9. The van der Waals surface area contributed by atoms with Crippen molar-refractivity contribution in [1.29, 1.82) is 0 Å². The van der Waals surface area contributed by atoms with Crippen LogP contribution in [0.25, 0.3) is 0 Å². The summed E-state index contributed by atoms with van der Waals surface area (Å²) in [6, 6.07) is 8.46. The molecule has 1 heterocycles. The lowest BCUT2D eigenvalue weighted by Crippen LogP contribution is -2.58. The summed E-state index contributed by atoms with van der Waals surface area (Å²) in [4.78, 5) is 28.7. The molecule has 1 aliphatic heterocycles. The molecule has 0 radical (unpaired) electrons. The van der Waals surface area contributed by atoms with Gasteiger partial charge in [-0.2, -0.15) is 0 Å². The van der Waals surface area contributed by atoms with Gasteiger partial charge < -0.3 is 14.8 Å². The minimum Gasteiger partial charge on any atom is -0.382 e. The molecule has 8 heteroatoms. The van der Waals surface area contributed by atoms with E-state index in [1.165, 1.54) is 5.01 Å². The fraction of sp³-hybridized carbons (Fsp3) is 0.471. The summed E-state index contributed by atoms with van der Waals surface area (Å²) in [5.41, 5.74) is 3.45. The first kappa shape index (κ1) is 18.9. The second kappa shape index (κ2) is 9.75. The molecular weight excluding hydrogens is 324 g/mol. The smallest absolute Gasteiger partial charge is 0.288 e. The van der Waals surface area contributed by atoms with E-state index in [9.17, 15) is 9.59 Å². The maximum atomic E-state index is 12.3. The zero-order valence-corrected chi connectivity index (χ0v) is 14.5. The van der Waals surface area contributed by atoms with Crippen molar-refractivity contribution in [3.63, 3.8) is 0 Å². The summed E-state index contributed by atoms with van der Waals surface area (Å²) < 4.78 is 10.2. The Morgan fingerprint density at radius 3 is 2.76 bits per heavy atom. The Morgan fingerprint density at radius 2 is 2.04 bits per heavy atom. The van der Waals surface area contributed by atoms with E-state index in [-0.39, 0.29) is 17.6 Å². The first-order chi connectivity index (χ1) is 12.1. The maximum absolute atomic E-state index is 12.3. The second-order valence-electron chi connectivity index (χ2n) is 5.49. The van der Waals surface area contributed by atoms with Crippen molar-refractivity contribution >= 4 is 23.3 Å². The molecule has 2 N–H and O–H groups in total. The monoisotopic (exact) mass is 348 g/mol. The molecule has 0 saturated heterocycles. The van der Waals surface area contributed by atoms with E-state index < -0.39 is 6.04 Å². The molecule has 0 fully saturated rings. The van der Waals surface area contributed by atoms with Crippen LogP contribution in [0.3, 0.4) is 0 Å². The molecule has 0 bridgehead atoms. The van der Waals surface area contributed by atoms with Crippen molar-refractivity contribution in [1.82, 2.24) is 10.7 Å². The fourth-order valence-electron chi connectivity index (χ4n) is 2.21. The number of methoxy groups -OCH3 is 1. The molecule has 0 aliphatic carbocycles. The van der Waals surface area contributed by atoms with Crippen LogP contribution in [-0.2, 0) is 19.1 Å². The summed E-state index contributed by atoms with van der Waals surface area (Å²) in [6.07, 6.45) is 0.680. The number of amides is 2. The summed E-state index contributed by atoms with van der Waals surface area (Å²) >= 11 is 0. The molecule has 2 amide bonds. The van der Waals surface area contributed by atoms with Gasteiger partial charge in [-0.1, -0.05) is 18.2 Å². The molecule has 0 spiro atoms. The van der Waals surface area contributed by atoms with Crippen LogP contribution in [0.15, 0.2) is 35.3 Å². The number of hydrogen-bond donors (Lipinski definition) is 2.